The lowest BCUT2D eigenvalue weighted by Gasteiger charge is -2.41. The van der Waals surface area contributed by atoms with Crippen LogP contribution in [-0.2, 0) is 6.54 Å². The Balaban J connectivity index is 1.84. The summed E-state index contributed by atoms with van der Waals surface area (Å²) in [5.41, 5.74) is 7.69. The third kappa shape index (κ3) is 3.03. The second-order valence-electron chi connectivity index (χ2n) is 4.65. The zero-order valence-corrected chi connectivity index (χ0v) is 11.4. The molecule has 0 aromatic carbocycles. The van der Waals surface area contributed by atoms with Gasteiger partial charge in [-0.2, -0.15) is 0 Å². The molecule has 4 heteroatoms. The first-order valence-electron chi connectivity index (χ1n) is 5.28. The van der Waals surface area contributed by atoms with Crippen molar-refractivity contribution in [2.24, 2.45) is 5.73 Å². The summed E-state index contributed by atoms with van der Waals surface area (Å²) in [6.07, 6.45) is 3.67. The van der Waals surface area contributed by atoms with Crippen LogP contribution in [0.25, 0.3) is 0 Å². The quantitative estimate of drug-likeness (QED) is 0.923. The van der Waals surface area contributed by atoms with Gasteiger partial charge in [-0.25, -0.2) is 0 Å². The van der Waals surface area contributed by atoms with E-state index in [9.17, 15) is 0 Å². The van der Waals surface area contributed by atoms with E-state index in [0.717, 1.165) is 13.1 Å². The number of halogens is 1. The summed E-state index contributed by atoms with van der Waals surface area (Å²) >= 11 is 5.23. The average Bonchev–Trinajstić information content (AvgIpc) is 2.48. The smallest absolute Gasteiger partial charge is 0.0701 e. The highest BCUT2D eigenvalue weighted by atomic mass is 79.9. The van der Waals surface area contributed by atoms with Crippen LogP contribution >= 0.6 is 27.3 Å². The molecule has 15 heavy (non-hydrogen) atoms. The number of thiophene rings is 1. The van der Waals surface area contributed by atoms with Crippen molar-refractivity contribution in [2.45, 2.75) is 31.3 Å². The van der Waals surface area contributed by atoms with Gasteiger partial charge in [-0.15, -0.1) is 11.3 Å². The summed E-state index contributed by atoms with van der Waals surface area (Å²) in [5, 5.41) is 2.20. The van der Waals surface area contributed by atoms with E-state index in [-0.39, 0.29) is 5.54 Å². The lowest BCUT2D eigenvalue weighted by atomic mass is 9.77. The monoisotopic (exact) mass is 288 g/mol. The standard InChI is InChI=1S/C11H17BrN2S/c1-14(8-11(13)3-2-4-11)6-9-5-10(12)15-7-9/h5,7H,2-4,6,8,13H2,1H3. The van der Waals surface area contributed by atoms with Gasteiger partial charge < -0.3 is 10.6 Å². The summed E-state index contributed by atoms with van der Waals surface area (Å²) in [4.78, 5) is 2.33. The van der Waals surface area contributed by atoms with Gasteiger partial charge in [0, 0.05) is 18.6 Å². The van der Waals surface area contributed by atoms with E-state index in [0.29, 0.717) is 0 Å². The Morgan fingerprint density at radius 2 is 2.33 bits per heavy atom. The molecule has 84 valence electrons. The van der Waals surface area contributed by atoms with Crippen LogP contribution in [0.3, 0.4) is 0 Å². The zero-order chi connectivity index (χ0) is 10.9. The molecule has 1 aromatic heterocycles. The Labute approximate surface area is 104 Å². The first kappa shape index (κ1) is 11.6. The van der Waals surface area contributed by atoms with Crippen LogP contribution in [0.5, 0.6) is 0 Å². The second kappa shape index (κ2) is 4.53. The number of nitrogens with two attached hydrogens (primary N) is 1. The number of likely N-dealkylation sites (N-methyl/N-ethyl adjacent to an activating group) is 1. The average molecular weight is 289 g/mol. The van der Waals surface area contributed by atoms with Crippen LogP contribution in [0.2, 0.25) is 0 Å². The lowest BCUT2D eigenvalue weighted by molar-refractivity contribution is 0.161. The molecule has 1 aromatic rings. The van der Waals surface area contributed by atoms with E-state index in [1.807, 2.05) is 0 Å². The van der Waals surface area contributed by atoms with Gasteiger partial charge in [0.05, 0.1) is 3.79 Å². The Morgan fingerprint density at radius 1 is 1.60 bits per heavy atom. The SMILES string of the molecule is CN(Cc1csc(Br)c1)CC1(N)CCC1. The van der Waals surface area contributed by atoms with Crippen LogP contribution in [0.4, 0.5) is 0 Å². The molecule has 0 radical (unpaired) electrons. The summed E-state index contributed by atoms with van der Waals surface area (Å²) in [5.74, 6) is 0. The van der Waals surface area contributed by atoms with Crippen molar-refractivity contribution in [2.75, 3.05) is 13.6 Å². The highest BCUT2D eigenvalue weighted by molar-refractivity contribution is 9.11. The molecule has 0 unspecified atom stereocenters. The molecule has 0 aliphatic heterocycles. The van der Waals surface area contributed by atoms with Gasteiger partial charge in [-0.1, -0.05) is 0 Å². The molecule has 1 heterocycles. The highest BCUT2D eigenvalue weighted by Crippen LogP contribution is 2.30. The van der Waals surface area contributed by atoms with Crippen molar-refractivity contribution >= 4 is 27.3 Å². The second-order valence-corrected chi connectivity index (χ2v) is 6.94. The van der Waals surface area contributed by atoms with Gasteiger partial charge in [-0.3, -0.25) is 0 Å². The van der Waals surface area contributed by atoms with Crippen molar-refractivity contribution in [3.05, 3.63) is 20.8 Å². The Bertz CT molecular complexity index is 333. The van der Waals surface area contributed by atoms with E-state index in [2.05, 4.69) is 39.3 Å². The third-order valence-electron chi connectivity index (χ3n) is 3.01. The van der Waals surface area contributed by atoms with Crippen LogP contribution in [0.15, 0.2) is 15.2 Å². The van der Waals surface area contributed by atoms with Crippen LogP contribution in [-0.4, -0.2) is 24.0 Å². The van der Waals surface area contributed by atoms with Crippen molar-refractivity contribution in [3.63, 3.8) is 0 Å². The summed E-state index contributed by atoms with van der Waals surface area (Å²) in [7, 11) is 2.15. The molecule has 2 rings (SSSR count). The molecule has 2 nitrogen and oxygen atoms in total. The molecule has 1 fully saturated rings. The number of hydrogen-bond donors (Lipinski definition) is 1. The van der Waals surface area contributed by atoms with Crippen molar-refractivity contribution in [1.82, 2.24) is 4.90 Å². The molecule has 1 saturated carbocycles. The van der Waals surface area contributed by atoms with Gasteiger partial charge in [0.15, 0.2) is 0 Å². The molecule has 0 spiro atoms. The predicted octanol–water partition coefficient (Wildman–Crippen LogP) is 2.82. The van der Waals surface area contributed by atoms with Gasteiger partial charge >= 0.3 is 0 Å². The minimum Gasteiger partial charge on any atom is -0.324 e. The fraction of sp³-hybridized carbons (Fsp3) is 0.636. The van der Waals surface area contributed by atoms with Crippen LogP contribution in [0, 0.1) is 0 Å². The number of hydrogen-bond acceptors (Lipinski definition) is 3. The molecule has 1 aliphatic rings. The maximum atomic E-state index is 6.21. The Kier molecular flexibility index (Phi) is 3.50. The molecular formula is C11H17BrN2S. The number of nitrogens with zero attached hydrogens (tertiary/aromatic N) is 1. The fourth-order valence-electron chi connectivity index (χ4n) is 2.12. The normalized spacial score (nSPS) is 19.2. The molecule has 2 N–H and O–H groups in total. The van der Waals surface area contributed by atoms with Gasteiger partial charge in [-0.05, 0) is 59.2 Å². The van der Waals surface area contributed by atoms with Crippen molar-refractivity contribution in [3.8, 4) is 0 Å². The van der Waals surface area contributed by atoms with E-state index >= 15 is 0 Å². The maximum Gasteiger partial charge on any atom is 0.0701 e. The Hall–Kier alpha value is 0.1000. The predicted molar refractivity (Wildman–Crippen MR) is 69.1 cm³/mol. The largest absolute Gasteiger partial charge is 0.324 e. The summed E-state index contributed by atoms with van der Waals surface area (Å²) in [6.45, 7) is 2.02. The van der Waals surface area contributed by atoms with Gasteiger partial charge in [0.25, 0.3) is 0 Å². The molecule has 0 bridgehead atoms. The van der Waals surface area contributed by atoms with E-state index in [4.69, 9.17) is 5.73 Å². The van der Waals surface area contributed by atoms with E-state index < -0.39 is 0 Å². The zero-order valence-electron chi connectivity index (χ0n) is 9.00. The minimum atomic E-state index is 0.0992. The number of rotatable bonds is 4. The molecule has 0 atom stereocenters. The van der Waals surface area contributed by atoms with Crippen LogP contribution < -0.4 is 5.73 Å². The van der Waals surface area contributed by atoms with E-state index in [1.54, 1.807) is 11.3 Å². The van der Waals surface area contributed by atoms with Crippen LogP contribution in [0.1, 0.15) is 24.8 Å². The maximum absolute atomic E-state index is 6.21. The van der Waals surface area contributed by atoms with E-state index in [1.165, 1.54) is 28.6 Å². The molecule has 0 amide bonds. The first-order valence-corrected chi connectivity index (χ1v) is 6.95. The van der Waals surface area contributed by atoms with Crippen molar-refractivity contribution in [1.29, 1.82) is 0 Å². The van der Waals surface area contributed by atoms with Crippen molar-refractivity contribution < 1.29 is 0 Å². The third-order valence-corrected chi connectivity index (χ3v) is 4.56. The fourth-order valence-corrected chi connectivity index (χ4v) is 3.32. The Morgan fingerprint density at radius 3 is 2.80 bits per heavy atom. The topological polar surface area (TPSA) is 29.3 Å². The van der Waals surface area contributed by atoms with Gasteiger partial charge in [0.1, 0.15) is 0 Å². The van der Waals surface area contributed by atoms with Gasteiger partial charge in [0.2, 0.25) is 0 Å². The summed E-state index contributed by atoms with van der Waals surface area (Å²) in [6, 6.07) is 2.19. The lowest BCUT2D eigenvalue weighted by Crippen LogP contribution is -2.54. The minimum absolute atomic E-state index is 0.0992. The highest BCUT2D eigenvalue weighted by Gasteiger charge is 2.33. The molecular weight excluding hydrogens is 272 g/mol. The molecule has 1 aliphatic carbocycles. The summed E-state index contributed by atoms with van der Waals surface area (Å²) < 4.78 is 1.21. The first-order chi connectivity index (χ1) is 7.07. The molecule has 0 saturated heterocycles.